The van der Waals surface area contributed by atoms with Gasteiger partial charge >= 0.3 is 0 Å². The Labute approximate surface area is 167 Å². The minimum atomic E-state index is -0.477. The lowest BCUT2D eigenvalue weighted by atomic mass is 9.47. The van der Waals surface area contributed by atoms with Gasteiger partial charge in [0.2, 0.25) is 5.91 Å². The zero-order valence-corrected chi connectivity index (χ0v) is 16.9. The Bertz CT molecular complexity index is 742. The molecule has 5 aliphatic rings. The van der Waals surface area contributed by atoms with E-state index in [1.165, 1.54) is 6.42 Å². The van der Waals surface area contributed by atoms with Crippen molar-refractivity contribution in [3.63, 3.8) is 0 Å². The minimum absolute atomic E-state index is 0.0693. The van der Waals surface area contributed by atoms with Crippen molar-refractivity contribution in [2.45, 2.75) is 50.5 Å². The van der Waals surface area contributed by atoms with Crippen LogP contribution in [0.1, 0.15) is 44.9 Å². The van der Waals surface area contributed by atoms with Crippen LogP contribution in [0.3, 0.4) is 0 Å². The van der Waals surface area contributed by atoms with Crippen LogP contribution in [0.2, 0.25) is 0 Å². The maximum absolute atomic E-state index is 13.1. The largest absolute Gasteiger partial charge is 0.497 e. The summed E-state index contributed by atoms with van der Waals surface area (Å²) in [4.78, 5) is 17.5. The van der Waals surface area contributed by atoms with Gasteiger partial charge in [-0.3, -0.25) is 4.79 Å². The summed E-state index contributed by atoms with van der Waals surface area (Å²) in [6, 6.07) is 8.15. The Morgan fingerprint density at radius 1 is 1.14 bits per heavy atom. The molecule has 4 bridgehead atoms. The summed E-state index contributed by atoms with van der Waals surface area (Å²) in [7, 11) is 1.69. The summed E-state index contributed by atoms with van der Waals surface area (Å²) < 4.78 is 5.34. The van der Waals surface area contributed by atoms with Gasteiger partial charge in [-0.1, -0.05) is 6.07 Å². The van der Waals surface area contributed by atoms with E-state index in [0.717, 1.165) is 69.7 Å². The zero-order chi connectivity index (χ0) is 19.4. The lowest BCUT2D eigenvalue weighted by Gasteiger charge is -2.60. The number of benzene rings is 1. The number of carbonyl (C=O) groups is 1. The Kier molecular flexibility index (Phi) is 4.34. The van der Waals surface area contributed by atoms with Crippen LogP contribution in [0.4, 0.5) is 5.69 Å². The highest BCUT2D eigenvalue weighted by Gasteiger charge is 2.57. The molecule has 0 radical (unpaired) electrons. The van der Waals surface area contributed by atoms with Crippen molar-refractivity contribution in [2.75, 3.05) is 38.2 Å². The molecule has 1 amide bonds. The molecule has 28 heavy (non-hydrogen) atoms. The summed E-state index contributed by atoms with van der Waals surface area (Å²) in [6.07, 6.45) is 7.02. The molecule has 0 aromatic heterocycles. The number of amides is 1. The van der Waals surface area contributed by atoms with Gasteiger partial charge in [-0.25, -0.2) is 0 Å². The maximum Gasteiger partial charge on any atom is 0.223 e. The van der Waals surface area contributed by atoms with Crippen molar-refractivity contribution in [3.8, 4) is 5.75 Å². The zero-order valence-electron chi connectivity index (χ0n) is 16.9. The molecule has 1 aromatic carbocycles. The number of methoxy groups -OCH3 is 1. The molecule has 6 rings (SSSR count). The third-order valence-electron chi connectivity index (χ3n) is 7.73. The Hall–Kier alpha value is -1.75. The predicted octanol–water partition coefficient (Wildman–Crippen LogP) is 3.07. The van der Waals surface area contributed by atoms with Gasteiger partial charge in [-0.15, -0.1) is 0 Å². The van der Waals surface area contributed by atoms with Gasteiger partial charge in [0, 0.05) is 44.4 Å². The van der Waals surface area contributed by atoms with Gasteiger partial charge in [0.25, 0.3) is 0 Å². The molecule has 0 spiro atoms. The number of ether oxygens (including phenoxy) is 1. The maximum atomic E-state index is 13.1. The van der Waals surface area contributed by atoms with E-state index in [4.69, 9.17) is 4.74 Å². The van der Waals surface area contributed by atoms with Gasteiger partial charge in [0.05, 0.1) is 12.7 Å². The third kappa shape index (κ3) is 3.28. The molecule has 5 nitrogen and oxygen atoms in total. The van der Waals surface area contributed by atoms with Gasteiger partial charge in [0.15, 0.2) is 0 Å². The van der Waals surface area contributed by atoms with E-state index < -0.39 is 5.60 Å². The van der Waals surface area contributed by atoms with Crippen molar-refractivity contribution in [1.82, 2.24) is 4.90 Å². The molecule has 2 atom stereocenters. The lowest BCUT2D eigenvalue weighted by molar-refractivity contribution is -0.172. The third-order valence-corrected chi connectivity index (χ3v) is 7.73. The summed E-state index contributed by atoms with van der Waals surface area (Å²) in [5, 5.41) is 11.0. The molecule has 1 saturated heterocycles. The molecule has 2 unspecified atom stereocenters. The van der Waals surface area contributed by atoms with Gasteiger partial charge in [-0.05, 0) is 67.9 Å². The highest BCUT2D eigenvalue weighted by atomic mass is 16.5. The van der Waals surface area contributed by atoms with E-state index in [1.807, 2.05) is 12.1 Å². The molecule has 4 aliphatic carbocycles. The molecule has 5 heteroatoms. The standard InChI is InChI=1S/C23H32N2O3/c1-28-20-4-2-3-19(10-20)24-5-7-25(8-6-24)21(26)15-22-11-17-9-18(12-22)14-23(27,13-17)16-22/h2-4,10,17-18,27H,5-9,11-16H2,1H3. The van der Waals surface area contributed by atoms with E-state index in [1.54, 1.807) is 7.11 Å². The van der Waals surface area contributed by atoms with Crippen molar-refractivity contribution >= 4 is 11.6 Å². The van der Waals surface area contributed by atoms with Crippen LogP contribution >= 0.6 is 0 Å². The molecule has 5 fully saturated rings. The number of aliphatic hydroxyl groups is 1. The first-order valence-corrected chi connectivity index (χ1v) is 10.9. The van der Waals surface area contributed by atoms with E-state index in [9.17, 15) is 9.90 Å². The molecule has 4 saturated carbocycles. The normalized spacial score (nSPS) is 36.6. The first-order valence-electron chi connectivity index (χ1n) is 10.9. The fourth-order valence-electron chi connectivity index (χ4n) is 7.06. The second-order valence-corrected chi connectivity index (χ2v) is 9.93. The molecule has 1 aliphatic heterocycles. The number of carbonyl (C=O) groups excluding carboxylic acids is 1. The van der Waals surface area contributed by atoms with E-state index in [0.29, 0.717) is 24.2 Å². The van der Waals surface area contributed by atoms with Crippen molar-refractivity contribution < 1.29 is 14.6 Å². The second kappa shape index (κ2) is 6.65. The molecule has 1 heterocycles. The van der Waals surface area contributed by atoms with Gasteiger partial charge in [0.1, 0.15) is 5.75 Å². The van der Waals surface area contributed by atoms with Crippen LogP contribution in [0.5, 0.6) is 5.75 Å². The SMILES string of the molecule is COc1cccc(N2CCN(C(=O)CC34CC5CC(CC(O)(C5)C3)C4)CC2)c1. The van der Waals surface area contributed by atoms with Crippen LogP contribution in [-0.4, -0.2) is 54.8 Å². The van der Waals surface area contributed by atoms with Crippen LogP contribution in [0, 0.1) is 17.3 Å². The smallest absolute Gasteiger partial charge is 0.223 e. The number of anilines is 1. The Morgan fingerprint density at radius 3 is 2.50 bits per heavy atom. The van der Waals surface area contributed by atoms with Gasteiger partial charge in [-0.2, -0.15) is 0 Å². The lowest BCUT2D eigenvalue weighted by Crippen LogP contribution is -2.57. The minimum Gasteiger partial charge on any atom is -0.497 e. The number of hydrogen-bond donors (Lipinski definition) is 1. The fraction of sp³-hybridized carbons (Fsp3) is 0.696. The monoisotopic (exact) mass is 384 g/mol. The molecular weight excluding hydrogens is 352 g/mol. The average Bonchev–Trinajstić information content (AvgIpc) is 2.66. The van der Waals surface area contributed by atoms with E-state index in [2.05, 4.69) is 21.9 Å². The predicted molar refractivity (Wildman–Crippen MR) is 108 cm³/mol. The Morgan fingerprint density at radius 2 is 1.86 bits per heavy atom. The number of piperazine rings is 1. The highest BCUT2D eigenvalue weighted by Crippen LogP contribution is 2.62. The van der Waals surface area contributed by atoms with Crippen molar-refractivity contribution in [1.29, 1.82) is 0 Å². The summed E-state index contributed by atoms with van der Waals surface area (Å²) in [6.45, 7) is 3.29. The van der Waals surface area contributed by atoms with Crippen LogP contribution in [0.15, 0.2) is 24.3 Å². The van der Waals surface area contributed by atoms with Crippen molar-refractivity contribution in [3.05, 3.63) is 24.3 Å². The Balaban J connectivity index is 1.21. The first-order chi connectivity index (χ1) is 13.5. The number of hydrogen-bond acceptors (Lipinski definition) is 4. The topological polar surface area (TPSA) is 53.0 Å². The summed E-state index contributed by atoms with van der Waals surface area (Å²) in [5.74, 6) is 2.46. The van der Waals surface area contributed by atoms with Crippen molar-refractivity contribution in [2.24, 2.45) is 17.3 Å². The van der Waals surface area contributed by atoms with Crippen LogP contribution in [-0.2, 0) is 4.79 Å². The quantitative estimate of drug-likeness (QED) is 0.867. The van der Waals surface area contributed by atoms with E-state index in [-0.39, 0.29) is 5.41 Å². The van der Waals surface area contributed by atoms with E-state index >= 15 is 0 Å². The fourth-order valence-corrected chi connectivity index (χ4v) is 7.06. The van der Waals surface area contributed by atoms with Gasteiger partial charge < -0.3 is 19.6 Å². The molecule has 152 valence electrons. The second-order valence-electron chi connectivity index (χ2n) is 9.93. The molecule has 1 aromatic rings. The number of rotatable bonds is 4. The summed E-state index contributed by atoms with van der Waals surface area (Å²) in [5.41, 5.74) is 0.754. The average molecular weight is 385 g/mol. The molecular formula is C23H32N2O3. The first kappa shape index (κ1) is 18.3. The number of nitrogens with zero attached hydrogens (tertiary/aromatic N) is 2. The highest BCUT2D eigenvalue weighted by molar-refractivity contribution is 5.77. The van der Waals surface area contributed by atoms with Crippen LogP contribution < -0.4 is 9.64 Å². The van der Waals surface area contributed by atoms with Crippen LogP contribution in [0.25, 0.3) is 0 Å². The molecule has 1 N–H and O–H groups in total. The summed E-state index contributed by atoms with van der Waals surface area (Å²) >= 11 is 0.